The number of nitrogens with zero attached hydrogens (tertiary/aromatic N) is 1. The van der Waals surface area contributed by atoms with Crippen LogP contribution in [0.15, 0.2) is 24.3 Å². The largest absolute Gasteiger partial charge is 0.325 e. The summed E-state index contributed by atoms with van der Waals surface area (Å²) in [6.45, 7) is 2.22. The van der Waals surface area contributed by atoms with Crippen LogP contribution in [0, 0.1) is 16.0 Å². The summed E-state index contributed by atoms with van der Waals surface area (Å²) in [7, 11) is 0. The summed E-state index contributed by atoms with van der Waals surface area (Å²) >= 11 is 0. The van der Waals surface area contributed by atoms with Crippen molar-refractivity contribution in [2.75, 3.05) is 0 Å². The van der Waals surface area contributed by atoms with Crippen LogP contribution in [0.2, 0.25) is 0 Å². The Balaban J connectivity index is 2.03. The third-order valence-electron chi connectivity index (χ3n) is 4.64. The molecule has 0 radical (unpaired) electrons. The Bertz CT molecular complexity index is 475. The van der Waals surface area contributed by atoms with E-state index in [1.165, 1.54) is 19.3 Å². The van der Waals surface area contributed by atoms with Gasteiger partial charge in [-0.25, -0.2) is 0 Å². The van der Waals surface area contributed by atoms with Crippen molar-refractivity contribution in [2.24, 2.45) is 11.7 Å². The van der Waals surface area contributed by atoms with Crippen molar-refractivity contribution in [1.29, 1.82) is 0 Å². The SMILES string of the molecule is CCC1CCCC(N)(CCc2ccccc2[N+](=O)[O-])C1. The summed E-state index contributed by atoms with van der Waals surface area (Å²) in [6, 6.07) is 7.00. The Morgan fingerprint density at radius 1 is 1.45 bits per heavy atom. The lowest BCUT2D eigenvalue weighted by atomic mass is 9.73. The Hall–Kier alpha value is -1.42. The van der Waals surface area contributed by atoms with E-state index in [2.05, 4.69) is 6.92 Å². The molecule has 1 aromatic rings. The molecule has 0 heterocycles. The molecule has 1 saturated carbocycles. The number of aryl methyl sites for hydroxylation is 1. The quantitative estimate of drug-likeness (QED) is 0.656. The third kappa shape index (κ3) is 3.57. The van der Waals surface area contributed by atoms with Gasteiger partial charge >= 0.3 is 0 Å². The first-order valence-corrected chi connectivity index (χ1v) is 7.55. The zero-order valence-corrected chi connectivity index (χ0v) is 12.2. The predicted octanol–water partition coefficient (Wildman–Crippen LogP) is 3.83. The number of nitro groups is 1. The third-order valence-corrected chi connectivity index (χ3v) is 4.64. The summed E-state index contributed by atoms with van der Waals surface area (Å²) < 4.78 is 0. The minimum Gasteiger partial charge on any atom is -0.325 e. The van der Waals surface area contributed by atoms with Crippen LogP contribution in [0.25, 0.3) is 0 Å². The lowest BCUT2D eigenvalue weighted by Gasteiger charge is -2.38. The zero-order chi connectivity index (χ0) is 14.6. The van der Waals surface area contributed by atoms with Gasteiger partial charge in [0.25, 0.3) is 5.69 Å². The predicted molar refractivity (Wildman–Crippen MR) is 80.6 cm³/mol. The maximum Gasteiger partial charge on any atom is 0.272 e. The summed E-state index contributed by atoms with van der Waals surface area (Å²) in [5, 5.41) is 11.0. The molecule has 1 aliphatic carbocycles. The number of nitro benzene ring substituents is 1. The van der Waals surface area contributed by atoms with Crippen molar-refractivity contribution < 1.29 is 4.92 Å². The fourth-order valence-corrected chi connectivity index (χ4v) is 3.38. The van der Waals surface area contributed by atoms with E-state index in [1.54, 1.807) is 12.1 Å². The van der Waals surface area contributed by atoms with Gasteiger partial charge < -0.3 is 5.73 Å². The average molecular weight is 276 g/mol. The monoisotopic (exact) mass is 276 g/mol. The van der Waals surface area contributed by atoms with Crippen molar-refractivity contribution in [1.82, 2.24) is 0 Å². The molecule has 0 spiro atoms. The lowest BCUT2D eigenvalue weighted by molar-refractivity contribution is -0.385. The highest BCUT2D eigenvalue weighted by Gasteiger charge is 2.32. The summed E-state index contributed by atoms with van der Waals surface area (Å²) in [6.07, 6.45) is 7.30. The second-order valence-corrected chi connectivity index (χ2v) is 6.12. The fraction of sp³-hybridized carbons (Fsp3) is 0.625. The minimum atomic E-state index is -0.297. The van der Waals surface area contributed by atoms with Gasteiger partial charge in [0.1, 0.15) is 0 Å². The molecule has 2 unspecified atom stereocenters. The Kier molecular flexibility index (Phi) is 4.76. The summed E-state index contributed by atoms with van der Waals surface area (Å²) in [5.41, 5.74) is 7.42. The van der Waals surface area contributed by atoms with Gasteiger partial charge in [-0.05, 0) is 31.6 Å². The zero-order valence-electron chi connectivity index (χ0n) is 12.2. The van der Waals surface area contributed by atoms with Gasteiger partial charge in [-0.15, -0.1) is 0 Å². The van der Waals surface area contributed by atoms with Crippen LogP contribution >= 0.6 is 0 Å². The van der Waals surface area contributed by atoms with E-state index in [-0.39, 0.29) is 16.1 Å². The summed E-state index contributed by atoms with van der Waals surface area (Å²) in [4.78, 5) is 10.7. The van der Waals surface area contributed by atoms with E-state index >= 15 is 0 Å². The molecule has 0 aliphatic heterocycles. The lowest BCUT2D eigenvalue weighted by Crippen LogP contribution is -2.44. The van der Waals surface area contributed by atoms with Crippen molar-refractivity contribution >= 4 is 5.69 Å². The van der Waals surface area contributed by atoms with E-state index in [0.717, 1.165) is 30.7 Å². The highest BCUT2D eigenvalue weighted by molar-refractivity contribution is 5.39. The number of benzene rings is 1. The summed E-state index contributed by atoms with van der Waals surface area (Å²) in [5.74, 6) is 0.722. The number of hydrogen-bond acceptors (Lipinski definition) is 3. The Labute approximate surface area is 120 Å². The van der Waals surface area contributed by atoms with Crippen LogP contribution in [-0.4, -0.2) is 10.5 Å². The van der Waals surface area contributed by atoms with Crippen LogP contribution in [-0.2, 0) is 6.42 Å². The van der Waals surface area contributed by atoms with Crippen molar-refractivity contribution in [2.45, 2.75) is 57.4 Å². The second-order valence-electron chi connectivity index (χ2n) is 6.12. The van der Waals surface area contributed by atoms with Crippen LogP contribution in [0.3, 0.4) is 0 Å². The molecule has 2 atom stereocenters. The van der Waals surface area contributed by atoms with E-state index in [1.807, 2.05) is 12.1 Å². The molecule has 1 fully saturated rings. The Morgan fingerprint density at radius 2 is 2.20 bits per heavy atom. The minimum absolute atomic E-state index is 0.136. The molecular weight excluding hydrogens is 252 g/mol. The van der Waals surface area contributed by atoms with Crippen molar-refractivity contribution in [3.8, 4) is 0 Å². The first kappa shape index (κ1) is 15.0. The van der Waals surface area contributed by atoms with E-state index in [0.29, 0.717) is 6.42 Å². The Morgan fingerprint density at radius 3 is 2.90 bits per heavy atom. The van der Waals surface area contributed by atoms with E-state index in [9.17, 15) is 10.1 Å². The molecule has 110 valence electrons. The average Bonchev–Trinajstić information content (AvgIpc) is 2.45. The van der Waals surface area contributed by atoms with Gasteiger partial charge in [-0.1, -0.05) is 44.4 Å². The van der Waals surface area contributed by atoms with Crippen LogP contribution in [0.4, 0.5) is 5.69 Å². The van der Waals surface area contributed by atoms with Gasteiger partial charge in [-0.3, -0.25) is 10.1 Å². The molecule has 2 rings (SSSR count). The van der Waals surface area contributed by atoms with Gasteiger partial charge in [0.05, 0.1) is 4.92 Å². The number of nitrogens with two attached hydrogens (primary N) is 1. The van der Waals surface area contributed by atoms with Gasteiger partial charge in [0.15, 0.2) is 0 Å². The number of para-hydroxylation sites is 1. The second kappa shape index (κ2) is 6.35. The maximum atomic E-state index is 11.0. The van der Waals surface area contributed by atoms with Crippen LogP contribution < -0.4 is 5.73 Å². The maximum absolute atomic E-state index is 11.0. The smallest absolute Gasteiger partial charge is 0.272 e. The van der Waals surface area contributed by atoms with E-state index < -0.39 is 0 Å². The number of rotatable bonds is 5. The standard InChI is InChI=1S/C16H24N2O2/c1-2-13-6-5-10-16(17,12-13)11-9-14-7-3-4-8-15(14)18(19)20/h3-4,7-8,13H,2,5-6,9-12,17H2,1H3. The molecule has 2 N–H and O–H groups in total. The van der Waals surface area contributed by atoms with Crippen molar-refractivity contribution in [3.63, 3.8) is 0 Å². The molecule has 0 aromatic heterocycles. The first-order chi connectivity index (χ1) is 9.54. The molecule has 0 saturated heterocycles. The highest BCUT2D eigenvalue weighted by atomic mass is 16.6. The van der Waals surface area contributed by atoms with Gasteiger partial charge in [0.2, 0.25) is 0 Å². The fourth-order valence-electron chi connectivity index (χ4n) is 3.38. The van der Waals surface area contributed by atoms with E-state index in [4.69, 9.17) is 5.73 Å². The molecular formula is C16H24N2O2. The topological polar surface area (TPSA) is 69.2 Å². The van der Waals surface area contributed by atoms with Crippen LogP contribution in [0.5, 0.6) is 0 Å². The molecule has 4 heteroatoms. The first-order valence-electron chi connectivity index (χ1n) is 7.55. The molecule has 1 aliphatic rings. The van der Waals surface area contributed by atoms with Gasteiger partial charge in [0, 0.05) is 17.2 Å². The number of hydrogen-bond donors (Lipinski definition) is 1. The van der Waals surface area contributed by atoms with Gasteiger partial charge in [-0.2, -0.15) is 0 Å². The van der Waals surface area contributed by atoms with Crippen molar-refractivity contribution in [3.05, 3.63) is 39.9 Å². The molecule has 4 nitrogen and oxygen atoms in total. The van der Waals surface area contributed by atoms with Crippen LogP contribution in [0.1, 0.15) is 51.0 Å². The normalized spacial score (nSPS) is 26.4. The highest BCUT2D eigenvalue weighted by Crippen LogP contribution is 2.35. The molecule has 20 heavy (non-hydrogen) atoms. The molecule has 0 bridgehead atoms. The molecule has 1 aromatic carbocycles. The molecule has 0 amide bonds.